The van der Waals surface area contributed by atoms with E-state index in [4.69, 9.17) is 18.0 Å². The molecule has 0 spiro atoms. The highest BCUT2D eigenvalue weighted by Gasteiger charge is 2.15. The van der Waals surface area contributed by atoms with Crippen molar-refractivity contribution in [3.05, 3.63) is 33.8 Å². The van der Waals surface area contributed by atoms with Gasteiger partial charge < -0.3 is 11.1 Å². The van der Waals surface area contributed by atoms with Crippen LogP contribution >= 0.6 is 12.2 Å². The quantitative estimate of drug-likeness (QED) is 0.837. The lowest BCUT2D eigenvalue weighted by atomic mass is 10.1. The minimum Gasteiger partial charge on any atom is -0.389 e. The zero-order valence-electron chi connectivity index (χ0n) is 13.0. The molecular weight excluding hydrogens is 284 g/mol. The minimum absolute atomic E-state index is 0.327. The first-order chi connectivity index (χ1) is 9.82. The van der Waals surface area contributed by atoms with Gasteiger partial charge in [-0.3, -0.25) is 4.68 Å². The van der Waals surface area contributed by atoms with E-state index in [0.717, 1.165) is 33.8 Å². The lowest BCUT2D eigenvalue weighted by Crippen LogP contribution is -2.18. The fourth-order valence-electron chi connectivity index (χ4n) is 2.28. The number of nitrogens with two attached hydrogens (primary N) is 1. The van der Waals surface area contributed by atoms with E-state index in [1.165, 1.54) is 0 Å². The van der Waals surface area contributed by atoms with Crippen molar-refractivity contribution in [2.75, 3.05) is 5.32 Å². The van der Waals surface area contributed by atoms with Gasteiger partial charge in [0.1, 0.15) is 4.99 Å². The van der Waals surface area contributed by atoms with Crippen LogP contribution in [0.3, 0.4) is 0 Å². The predicted octanol–water partition coefficient (Wildman–Crippen LogP) is 1.69. The summed E-state index contributed by atoms with van der Waals surface area (Å²) in [7, 11) is 1.93. The van der Waals surface area contributed by atoms with Crippen LogP contribution in [-0.4, -0.2) is 25.0 Å². The molecule has 6 nitrogen and oxygen atoms in total. The van der Waals surface area contributed by atoms with Crippen LogP contribution in [-0.2, 0) is 13.6 Å². The van der Waals surface area contributed by atoms with Gasteiger partial charge >= 0.3 is 0 Å². The van der Waals surface area contributed by atoms with Crippen LogP contribution in [0.5, 0.6) is 0 Å². The van der Waals surface area contributed by atoms with Crippen LogP contribution in [0.2, 0.25) is 0 Å². The molecule has 2 heterocycles. The summed E-state index contributed by atoms with van der Waals surface area (Å²) in [5, 5.41) is 16.0. The molecule has 0 aliphatic heterocycles. The number of nitrogens with one attached hydrogen (secondary N) is 1. The zero-order valence-corrected chi connectivity index (χ0v) is 13.8. The van der Waals surface area contributed by atoms with Crippen LogP contribution in [0.15, 0.2) is 0 Å². The summed E-state index contributed by atoms with van der Waals surface area (Å²) < 4.78 is 1.87. The Hall–Kier alpha value is -2.02. The third-order valence-electron chi connectivity index (χ3n) is 3.79. The number of thiocarbonyl (C=S) groups is 1. The standard InChI is InChI=1S/C14H20N6S/c1-7-8(2)17-18-14(12(7)13(15)21)16-6-11-9(3)19-20(5)10(11)4/h6H2,1-5H3,(H2,15,21)(H,16,18). The molecule has 7 heteroatoms. The van der Waals surface area contributed by atoms with Gasteiger partial charge in [-0.25, -0.2) is 0 Å². The number of anilines is 1. The first-order valence-electron chi connectivity index (χ1n) is 6.69. The maximum absolute atomic E-state index is 5.82. The van der Waals surface area contributed by atoms with E-state index in [9.17, 15) is 0 Å². The Morgan fingerprint density at radius 1 is 1.19 bits per heavy atom. The Balaban J connectivity index is 2.32. The van der Waals surface area contributed by atoms with Crippen molar-refractivity contribution in [3.63, 3.8) is 0 Å². The van der Waals surface area contributed by atoms with Crippen molar-refractivity contribution in [3.8, 4) is 0 Å². The highest BCUT2D eigenvalue weighted by Crippen LogP contribution is 2.20. The summed E-state index contributed by atoms with van der Waals surface area (Å²) >= 11 is 5.14. The molecule has 0 aliphatic rings. The molecule has 0 aliphatic carbocycles. The van der Waals surface area contributed by atoms with Crippen LogP contribution in [0.25, 0.3) is 0 Å². The molecule has 3 N–H and O–H groups in total. The number of aromatic nitrogens is 4. The Bertz CT molecular complexity index is 704. The number of nitrogens with zero attached hydrogens (tertiary/aromatic N) is 4. The molecule has 112 valence electrons. The van der Waals surface area contributed by atoms with E-state index < -0.39 is 0 Å². The molecule has 0 atom stereocenters. The van der Waals surface area contributed by atoms with Gasteiger partial charge in [-0.05, 0) is 33.3 Å². The summed E-state index contributed by atoms with van der Waals surface area (Å²) in [6.45, 7) is 8.48. The average Bonchev–Trinajstić information content (AvgIpc) is 2.65. The molecule has 0 bridgehead atoms. The monoisotopic (exact) mass is 304 g/mol. The summed E-state index contributed by atoms with van der Waals surface area (Å²) in [6, 6.07) is 0. The third-order valence-corrected chi connectivity index (χ3v) is 4.00. The largest absolute Gasteiger partial charge is 0.389 e. The lowest BCUT2D eigenvalue weighted by Gasteiger charge is -2.13. The highest BCUT2D eigenvalue weighted by molar-refractivity contribution is 7.80. The Kier molecular flexibility index (Phi) is 4.22. The molecule has 0 aromatic carbocycles. The minimum atomic E-state index is 0.327. The van der Waals surface area contributed by atoms with Gasteiger partial charge in [-0.1, -0.05) is 12.2 Å². The Morgan fingerprint density at radius 3 is 2.38 bits per heavy atom. The van der Waals surface area contributed by atoms with Crippen LogP contribution in [0, 0.1) is 27.7 Å². The van der Waals surface area contributed by atoms with Gasteiger partial charge in [0.15, 0.2) is 5.82 Å². The molecule has 2 aromatic heterocycles. The smallest absolute Gasteiger partial charge is 0.159 e. The summed E-state index contributed by atoms with van der Waals surface area (Å²) in [4.78, 5) is 0.327. The van der Waals surface area contributed by atoms with Crippen molar-refractivity contribution in [2.45, 2.75) is 34.2 Å². The van der Waals surface area contributed by atoms with E-state index in [1.807, 2.05) is 39.4 Å². The molecule has 0 fully saturated rings. The van der Waals surface area contributed by atoms with E-state index in [2.05, 4.69) is 20.6 Å². The fourth-order valence-corrected chi connectivity index (χ4v) is 2.53. The maximum atomic E-state index is 5.82. The van der Waals surface area contributed by atoms with Gasteiger partial charge in [-0.15, -0.1) is 5.10 Å². The van der Waals surface area contributed by atoms with Gasteiger partial charge in [-0.2, -0.15) is 10.2 Å². The van der Waals surface area contributed by atoms with E-state index in [1.54, 1.807) is 0 Å². The second kappa shape index (κ2) is 5.77. The van der Waals surface area contributed by atoms with Gasteiger partial charge in [0.2, 0.25) is 0 Å². The van der Waals surface area contributed by atoms with Gasteiger partial charge in [0.05, 0.1) is 17.0 Å². The van der Waals surface area contributed by atoms with Crippen LogP contribution in [0.4, 0.5) is 5.82 Å². The molecule has 2 rings (SSSR count). The molecule has 0 amide bonds. The van der Waals surface area contributed by atoms with Gasteiger partial charge in [0, 0.05) is 24.8 Å². The van der Waals surface area contributed by atoms with Crippen molar-refractivity contribution in [2.24, 2.45) is 12.8 Å². The first-order valence-corrected chi connectivity index (χ1v) is 7.10. The maximum Gasteiger partial charge on any atom is 0.159 e. The molecule has 0 radical (unpaired) electrons. The summed E-state index contributed by atoms with van der Waals surface area (Å²) in [5.74, 6) is 0.619. The Labute approximate surface area is 129 Å². The second-order valence-corrected chi connectivity index (χ2v) is 5.56. The molecule has 21 heavy (non-hydrogen) atoms. The SMILES string of the molecule is Cc1nnc(NCc2c(C)nn(C)c2C)c(C(N)=S)c1C. The molecule has 0 unspecified atom stereocenters. The average molecular weight is 304 g/mol. The first kappa shape index (κ1) is 15.4. The summed E-state index contributed by atoms with van der Waals surface area (Å²) in [5.41, 5.74) is 11.6. The highest BCUT2D eigenvalue weighted by atomic mass is 32.1. The zero-order chi connectivity index (χ0) is 15.7. The van der Waals surface area contributed by atoms with Crippen LogP contribution in [0.1, 0.15) is 33.8 Å². The molecule has 2 aromatic rings. The molecular formula is C14H20N6S. The number of rotatable bonds is 4. The third kappa shape index (κ3) is 2.87. The number of aryl methyl sites for hydroxylation is 3. The number of hydrogen-bond donors (Lipinski definition) is 2. The number of hydrogen-bond acceptors (Lipinski definition) is 5. The topological polar surface area (TPSA) is 81.7 Å². The van der Waals surface area contributed by atoms with Crippen molar-refractivity contribution in [1.82, 2.24) is 20.0 Å². The fraction of sp³-hybridized carbons (Fsp3) is 0.429. The van der Waals surface area contributed by atoms with E-state index in [-0.39, 0.29) is 0 Å². The van der Waals surface area contributed by atoms with Crippen molar-refractivity contribution in [1.29, 1.82) is 0 Å². The lowest BCUT2D eigenvalue weighted by molar-refractivity contribution is 0.730. The van der Waals surface area contributed by atoms with E-state index >= 15 is 0 Å². The normalized spacial score (nSPS) is 10.7. The Morgan fingerprint density at radius 2 is 1.86 bits per heavy atom. The van der Waals surface area contributed by atoms with Crippen LogP contribution < -0.4 is 11.1 Å². The second-order valence-electron chi connectivity index (χ2n) is 5.12. The summed E-state index contributed by atoms with van der Waals surface area (Å²) in [6.07, 6.45) is 0. The van der Waals surface area contributed by atoms with Crippen molar-refractivity contribution < 1.29 is 0 Å². The van der Waals surface area contributed by atoms with Crippen molar-refractivity contribution >= 4 is 23.0 Å². The molecule has 0 saturated carbocycles. The van der Waals surface area contributed by atoms with E-state index in [0.29, 0.717) is 17.4 Å². The van der Waals surface area contributed by atoms with Gasteiger partial charge in [0.25, 0.3) is 0 Å². The predicted molar refractivity (Wildman–Crippen MR) is 87.4 cm³/mol. The molecule has 0 saturated heterocycles.